The summed E-state index contributed by atoms with van der Waals surface area (Å²) in [6.07, 6.45) is 2.62. The number of hydrogen-bond acceptors (Lipinski definition) is 5. The van der Waals surface area contributed by atoms with Crippen LogP contribution in [0.15, 0.2) is 48.8 Å². The average Bonchev–Trinajstić information content (AvgIpc) is 3.15. The Morgan fingerprint density at radius 2 is 1.62 bits per heavy atom. The normalized spacial score (nSPS) is 22.7. The molecule has 0 aliphatic carbocycles. The van der Waals surface area contributed by atoms with Gasteiger partial charge in [0.25, 0.3) is 11.8 Å². The molecule has 1 aromatic carbocycles. The number of benzene rings is 1. The number of aliphatic hydroxyl groups excluding tert-OH is 1. The molecule has 3 heterocycles. The van der Waals surface area contributed by atoms with Crippen molar-refractivity contribution in [2.75, 3.05) is 39.3 Å². The minimum atomic E-state index is -0.605. The highest BCUT2D eigenvalue weighted by Gasteiger charge is 2.39. The number of nitrogens with zero attached hydrogens (tertiary/aromatic N) is 4. The zero-order valence-corrected chi connectivity index (χ0v) is 16.7. The molecule has 2 aliphatic rings. The number of aromatic nitrogens is 1. The SMILES string of the molecule is O=C(c1cccnc1)N1CCN(C2CN(C(=O)c3ccc(Cl)cc3)CC2O)CC1. The summed E-state index contributed by atoms with van der Waals surface area (Å²) in [6, 6.07) is 10.2. The fourth-order valence-corrected chi connectivity index (χ4v) is 4.12. The third-order valence-corrected chi connectivity index (χ3v) is 5.87. The maximum atomic E-state index is 12.7. The summed E-state index contributed by atoms with van der Waals surface area (Å²) in [4.78, 5) is 35.0. The summed E-state index contributed by atoms with van der Waals surface area (Å²) in [5.74, 6) is -0.127. The molecule has 2 unspecified atom stereocenters. The predicted molar refractivity (Wildman–Crippen MR) is 109 cm³/mol. The number of likely N-dealkylation sites (tertiary alicyclic amines) is 1. The van der Waals surface area contributed by atoms with Gasteiger partial charge in [-0.15, -0.1) is 0 Å². The van der Waals surface area contributed by atoms with Gasteiger partial charge < -0.3 is 14.9 Å². The second-order valence-electron chi connectivity index (χ2n) is 7.42. The van der Waals surface area contributed by atoms with Gasteiger partial charge in [0.15, 0.2) is 0 Å². The molecular weight excluding hydrogens is 392 g/mol. The van der Waals surface area contributed by atoms with Crippen LogP contribution < -0.4 is 0 Å². The van der Waals surface area contributed by atoms with Gasteiger partial charge in [-0.2, -0.15) is 0 Å². The van der Waals surface area contributed by atoms with E-state index in [0.717, 1.165) is 0 Å². The number of pyridine rings is 1. The molecule has 2 aliphatic heterocycles. The van der Waals surface area contributed by atoms with Gasteiger partial charge in [-0.3, -0.25) is 19.5 Å². The van der Waals surface area contributed by atoms with Crippen LogP contribution in [-0.2, 0) is 0 Å². The van der Waals surface area contributed by atoms with E-state index < -0.39 is 6.10 Å². The second-order valence-corrected chi connectivity index (χ2v) is 7.86. The molecule has 0 bridgehead atoms. The zero-order chi connectivity index (χ0) is 20.4. The molecule has 7 nitrogen and oxygen atoms in total. The number of halogens is 1. The van der Waals surface area contributed by atoms with Crippen LogP contribution >= 0.6 is 11.6 Å². The van der Waals surface area contributed by atoms with Gasteiger partial charge in [0.2, 0.25) is 0 Å². The van der Waals surface area contributed by atoms with Crippen LogP contribution in [0.25, 0.3) is 0 Å². The first kappa shape index (κ1) is 19.8. The van der Waals surface area contributed by atoms with Crippen LogP contribution in [0.3, 0.4) is 0 Å². The Bertz CT molecular complexity index is 869. The van der Waals surface area contributed by atoms with Crippen LogP contribution in [0.4, 0.5) is 0 Å². The highest BCUT2D eigenvalue weighted by atomic mass is 35.5. The monoisotopic (exact) mass is 414 g/mol. The number of hydrogen-bond donors (Lipinski definition) is 1. The molecule has 29 heavy (non-hydrogen) atoms. The number of β-amino-alcohol motifs (C(OH)–C–C–N with tert-alkyl or cyclic N) is 1. The summed E-state index contributed by atoms with van der Waals surface area (Å²) in [7, 11) is 0. The number of aliphatic hydroxyl groups is 1. The van der Waals surface area contributed by atoms with Gasteiger partial charge in [0.1, 0.15) is 0 Å². The van der Waals surface area contributed by atoms with E-state index in [-0.39, 0.29) is 17.9 Å². The van der Waals surface area contributed by atoms with E-state index in [4.69, 9.17) is 11.6 Å². The third kappa shape index (κ3) is 4.27. The molecule has 2 saturated heterocycles. The van der Waals surface area contributed by atoms with Crippen molar-refractivity contribution in [1.29, 1.82) is 0 Å². The Morgan fingerprint density at radius 3 is 2.28 bits per heavy atom. The van der Waals surface area contributed by atoms with Crippen LogP contribution in [0.2, 0.25) is 5.02 Å². The Labute approximate surface area is 174 Å². The van der Waals surface area contributed by atoms with E-state index in [1.54, 1.807) is 53.7 Å². The highest BCUT2D eigenvalue weighted by molar-refractivity contribution is 6.30. The largest absolute Gasteiger partial charge is 0.390 e. The number of piperazine rings is 1. The number of rotatable bonds is 3. The van der Waals surface area contributed by atoms with Crippen molar-refractivity contribution < 1.29 is 14.7 Å². The van der Waals surface area contributed by atoms with Gasteiger partial charge in [-0.25, -0.2) is 0 Å². The smallest absolute Gasteiger partial charge is 0.255 e. The Hall–Kier alpha value is -2.48. The van der Waals surface area contributed by atoms with Gasteiger partial charge in [-0.1, -0.05) is 11.6 Å². The molecule has 8 heteroatoms. The average molecular weight is 415 g/mol. The predicted octanol–water partition coefficient (Wildman–Crippen LogP) is 1.38. The molecule has 152 valence electrons. The maximum Gasteiger partial charge on any atom is 0.255 e. The fraction of sp³-hybridized carbons (Fsp3) is 0.381. The molecule has 2 aromatic rings. The first-order valence-electron chi connectivity index (χ1n) is 9.69. The van der Waals surface area contributed by atoms with E-state index in [2.05, 4.69) is 9.88 Å². The van der Waals surface area contributed by atoms with Crippen LogP contribution in [0.1, 0.15) is 20.7 Å². The van der Waals surface area contributed by atoms with Crippen LogP contribution in [0.5, 0.6) is 0 Å². The van der Waals surface area contributed by atoms with Gasteiger partial charge in [-0.05, 0) is 36.4 Å². The molecule has 2 atom stereocenters. The molecule has 4 rings (SSSR count). The zero-order valence-electron chi connectivity index (χ0n) is 15.9. The number of carbonyl (C=O) groups is 2. The first-order chi connectivity index (χ1) is 14.0. The minimum Gasteiger partial charge on any atom is -0.390 e. The Morgan fingerprint density at radius 1 is 0.931 bits per heavy atom. The Kier molecular flexibility index (Phi) is 5.80. The van der Waals surface area contributed by atoms with Crippen molar-refractivity contribution in [3.05, 3.63) is 64.9 Å². The van der Waals surface area contributed by atoms with Crippen molar-refractivity contribution in [3.8, 4) is 0 Å². The first-order valence-corrected chi connectivity index (χ1v) is 10.1. The van der Waals surface area contributed by atoms with Gasteiger partial charge in [0, 0.05) is 62.2 Å². The molecule has 0 saturated carbocycles. The van der Waals surface area contributed by atoms with Crippen molar-refractivity contribution in [2.24, 2.45) is 0 Å². The van der Waals surface area contributed by atoms with Crippen molar-refractivity contribution in [2.45, 2.75) is 12.1 Å². The number of amides is 2. The lowest BCUT2D eigenvalue weighted by molar-refractivity contribution is 0.0376. The molecule has 0 spiro atoms. The fourth-order valence-electron chi connectivity index (χ4n) is 4.00. The lowest BCUT2D eigenvalue weighted by Crippen LogP contribution is -2.54. The molecule has 0 radical (unpaired) electrons. The van der Waals surface area contributed by atoms with Crippen molar-refractivity contribution in [3.63, 3.8) is 0 Å². The summed E-state index contributed by atoms with van der Waals surface area (Å²) in [6.45, 7) is 3.28. The van der Waals surface area contributed by atoms with E-state index >= 15 is 0 Å². The minimum absolute atomic E-state index is 0.0238. The van der Waals surface area contributed by atoms with E-state index in [1.165, 1.54) is 0 Å². The van der Waals surface area contributed by atoms with Crippen LogP contribution in [0, 0.1) is 0 Å². The Balaban J connectivity index is 1.35. The van der Waals surface area contributed by atoms with E-state index in [0.29, 0.717) is 55.4 Å². The highest BCUT2D eigenvalue weighted by Crippen LogP contribution is 2.21. The molecule has 1 aromatic heterocycles. The second kappa shape index (κ2) is 8.49. The summed E-state index contributed by atoms with van der Waals surface area (Å²) < 4.78 is 0. The summed E-state index contributed by atoms with van der Waals surface area (Å²) >= 11 is 5.89. The maximum absolute atomic E-state index is 12.7. The topological polar surface area (TPSA) is 77.0 Å². The standard InChI is InChI=1S/C21H23ClN4O3/c22-17-5-3-15(4-6-17)20(28)26-13-18(19(27)14-26)24-8-10-25(11-9-24)21(29)16-2-1-7-23-12-16/h1-7,12,18-19,27H,8-11,13-14H2. The third-order valence-electron chi connectivity index (χ3n) is 5.62. The van der Waals surface area contributed by atoms with Gasteiger partial charge >= 0.3 is 0 Å². The summed E-state index contributed by atoms with van der Waals surface area (Å²) in [5, 5.41) is 11.1. The lowest BCUT2D eigenvalue weighted by Gasteiger charge is -2.38. The molecule has 2 amide bonds. The van der Waals surface area contributed by atoms with E-state index in [9.17, 15) is 14.7 Å². The molecule has 2 fully saturated rings. The molecule has 1 N–H and O–H groups in total. The quantitative estimate of drug-likeness (QED) is 0.821. The lowest BCUT2D eigenvalue weighted by atomic mass is 10.1. The van der Waals surface area contributed by atoms with Gasteiger partial charge in [0.05, 0.1) is 17.7 Å². The summed E-state index contributed by atoms with van der Waals surface area (Å²) in [5.41, 5.74) is 1.15. The number of carbonyl (C=O) groups excluding carboxylic acids is 2. The van der Waals surface area contributed by atoms with Crippen LogP contribution in [-0.4, -0.2) is 88.0 Å². The van der Waals surface area contributed by atoms with Crippen molar-refractivity contribution >= 4 is 23.4 Å². The van der Waals surface area contributed by atoms with Crippen molar-refractivity contribution in [1.82, 2.24) is 19.7 Å². The molecular formula is C21H23ClN4O3. The van der Waals surface area contributed by atoms with E-state index in [1.807, 2.05) is 4.90 Å².